The number of hydrogen-bond acceptors (Lipinski definition) is 5. The van der Waals surface area contributed by atoms with Crippen molar-refractivity contribution in [3.05, 3.63) is 64.4 Å². The van der Waals surface area contributed by atoms with E-state index >= 15 is 0 Å². The van der Waals surface area contributed by atoms with Gasteiger partial charge in [0.25, 0.3) is 5.56 Å². The molecular formula is C18H16F2N2O3S2. The van der Waals surface area contributed by atoms with Crippen LogP contribution in [0.15, 0.2) is 63.4 Å². The van der Waals surface area contributed by atoms with Gasteiger partial charge in [-0.15, -0.1) is 0 Å². The van der Waals surface area contributed by atoms with Crippen molar-refractivity contribution in [3.63, 3.8) is 0 Å². The van der Waals surface area contributed by atoms with E-state index in [4.69, 9.17) is 0 Å². The molecule has 0 saturated heterocycles. The van der Waals surface area contributed by atoms with Crippen LogP contribution in [0.25, 0.3) is 10.9 Å². The molecule has 0 radical (unpaired) electrons. The summed E-state index contributed by atoms with van der Waals surface area (Å²) in [6.07, 6.45) is 0. The summed E-state index contributed by atoms with van der Waals surface area (Å²) in [6.45, 7) is 2.32. The lowest BCUT2D eigenvalue weighted by Crippen LogP contribution is -2.22. The molecule has 0 aliphatic rings. The largest absolute Gasteiger partial charge is 0.341 e. The Morgan fingerprint density at radius 3 is 2.41 bits per heavy atom. The topological polar surface area (TPSA) is 69.0 Å². The molecule has 0 bridgehead atoms. The van der Waals surface area contributed by atoms with E-state index in [1.165, 1.54) is 23.9 Å². The second kappa shape index (κ2) is 7.77. The third-order valence-electron chi connectivity index (χ3n) is 4.00. The van der Waals surface area contributed by atoms with Gasteiger partial charge in [-0.3, -0.25) is 9.36 Å². The fraction of sp³-hybridized carbons (Fsp3) is 0.222. The van der Waals surface area contributed by atoms with E-state index in [2.05, 4.69) is 4.98 Å². The second-order valence-electron chi connectivity index (χ2n) is 5.70. The normalized spacial score (nSPS) is 12.0. The molecule has 0 atom stereocenters. The third kappa shape index (κ3) is 3.89. The maximum absolute atomic E-state index is 12.6. The van der Waals surface area contributed by atoms with E-state index in [9.17, 15) is 22.0 Å². The molecule has 3 aromatic rings. The molecule has 142 valence electrons. The molecule has 0 aliphatic carbocycles. The average molecular weight is 410 g/mol. The monoisotopic (exact) mass is 410 g/mol. The van der Waals surface area contributed by atoms with Crippen molar-refractivity contribution in [1.82, 2.24) is 9.55 Å². The summed E-state index contributed by atoms with van der Waals surface area (Å²) >= 11 is 1.33. The van der Waals surface area contributed by atoms with Gasteiger partial charge in [0.15, 0.2) is 5.16 Å². The maximum atomic E-state index is 12.6. The minimum absolute atomic E-state index is 0.121. The number of hydrogen-bond donors (Lipinski definition) is 0. The number of nitrogens with zero attached hydrogens (tertiary/aromatic N) is 2. The molecule has 0 aliphatic heterocycles. The molecule has 9 heteroatoms. The summed E-state index contributed by atoms with van der Waals surface area (Å²) in [5.41, 5.74) is 1.22. The molecule has 3 rings (SSSR count). The minimum atomic E-state index is -4.60. The lowest BCUT2D eigenvalue weighted by Gasteiger charge is -2.11. The highest BCUT2D eigenvalue weighted by molar-refractivity contribution is 7.98. The van der Waals surface area contributed by atoms with E-state index in [0.29, 0.717) is 28.4 Å². The summed E-state index contributed by atoms with van der Waals surface area (Å²) in [4.78, 5) is 16.7. The van der Waals surface area contributed by atoms with Crippen molar-refractivity contribution < 1.29 is 17.2 Å². The van der Waals surface area contributed by atoms with Crippen molar-refractivity contribution in [3.8, 4) is 0 Å². The SMILES string of the molecule is CCn1c(SCc2ccc(S(=O)(=O)C(F)F)cc2)nc2ccccc2c1=O. The molecule has 0 saturated carbocycles. The van der Waals surface area contributed by atoms with Gasteiger partial charge < -0.3 is 0 Å². The van der Waals surface area contributed by atoms with Crippen LogP contribution >= 0.6 is 11.8 Å². The zero-order chi connectivity index (χ0) is 19.6. The summed E-state index contributed by atoms with van der Waals surface area (Å²) < 4.78 is 49.7. The molecule has 0 N–H and O–H groups in total. The predicted octanol–water partition coefficient (Wildman–Crippen LogP) is 3.71. The van der Waals surface area contributed by atoms with Crippen LogP contribution in [0.4, 0.5) is 8.78 Å². The summed E-state index contributed by atoms with van der Waals surface area (Å²) in [7, 11) is -4.60. The van der Waals surface area contributed by atoms with Crippen molar-refractivity contribution >= 4 is 32.5 Å². The Bertz CT molecular complexity index is 1130. The van der Waals surface area contributed by atoms with Crippen molar-refractivity contribution in [2.24, 2.45) is 0 Å². The number of sulfone groups is 1. The molecule has 1 heterocycles. The molecule has 27 heavy (non-hydrogen) atoms. The third-order valence-corrected chi connectivity index (χ3v) is 6.44. The van der Waals surface area contributed by atoms with Crippen LogP contribution in [0.5, 0.6) is 0 Å². The highest BCUT2D eigenvalue weighted by Crippen LogP contribution is 2.24. The first-order chi connectivity index (χ1) is 12.8. The van der Waals surface area contributed by atoms with Gasteiger partial charge in [-0.1, -0.05) is 36.0 Å². The average Bonchev–Trinajstić information content (AvgIpc) is 2.66. The number of para-hydroxylation sites is 1. The second-order valence-corrected chi connectivity index (χ2v) is 8.56. The van der Waals surface area contributed by atoms with Crippen molar-refractivity contribution in [2.75, 3.05) is 0 Å². The lowest BCUT2D eigenvalue weighted by molar-refractivity contribution is 0.234. The van der Waals surface area contributed by atoms with Crippen LogP contribution in [-0.2, 0) is 22.1 Å². The maximum Gasteiger partial charge on any atom is 0.341 e. The number of alkyl halides is 2. The molecule has 0 fully saturated rings. The van der Waals surface area contributed by atoms with Crippen molar-refractivity contribution in [1.29, 1.82) is 0 Å². The van der Waals surface area contributed by atoms with Crippen LogP contribution in [0.1, 0.15) is 12.5 Å². The molecule has 1 aromatic heterocycles. The van der Waals surface area contributed by atoms with E-state index in [1.807, 2.05) is 13.0 Å². The molecule has 0 spiro atoms. The highest BCUT2D eigenvalue weighted by Gasteiger charge is 2.26. The Labute approximate surface area is 159 Å². The summed E-state index contributed by atoms with van der Waals surface area (Å²) in [6, 6.07) is 12.4. The standard InChI is InChI=1S/C18H16F2N2O3S2/c1-2-22-16(23)14-5-3-4-6-15(14)21-18(22)26-11-12-7-9-13(10-8-12)27(24,25)17(19)20/h3-10,17H,2,11H2,1H3. The Morgan fingerprint density at radius 2 is 1.78 bits per heavy atom. The Hall–Kier alpha value is -2.26. The van der Waals surface area contributed by atoms with Gasteiger partial charge in [-0.25, -0.2) is 13.4 Å². The molecule has 0 amide bonds. The lowest BCUT2D eigenvalue weighted by atomic mass is 10.2. The van der Waals surface area contributed by atoms with Gasteiger partial charge in [-0.2, -0.15) is 8.78 Å². The van der Waals surface area contributed by atoms with Gasteiger partial charge in [0.2, 0.25) is 9.84 Å². The zero-order valence-corrected chi connectivity index (χ0v) is 15.9. The summed E-state index contributed by atoms with van der Waals surface area (Å²) in [5.74, 6) is -3.03. The molecule has 0 unspecified atom stereocenters. The highest BCUT2D eigenvalue weighted by atomic mass is 32.2. The van der Waals surface area contributed by atoms with E-state index in [1.54, 1.807) is 22.8 Å². The van der Waals surface area contributed by atoms with Crippen molar-refractivity contribution in [2.45, 2.75) is 35.0 Å². The van der Waals surface area contributed by atoms with Crippen LogP contribution < -0.4 is 5.56 Å². The predicted molar refractivity (Wildman–Crippen MR) is 101 cm³/mol. The van der Waals surface area contributed by atoms with E-state index < -0.39 is 20.5 Å². The van der Waals surface area contributed by atoms with Gasteiger partial charge >= 0.3 is 5.76 Å². The van der Waals surface area contributed by atoms with Gasteiger partial charge in [0.1, 0.15) is 0 Å². The van der Waals surface area contributed by atoms with Crippen LogP contribution in [0.2, 0.25) is 0 Å². The van der Waals surface area contributed by atoms with Gasteiger partial charge in [-0.05, 0) is 36.8 Å². The fourth-order valence-corrected chi connectivity index (χ4v) is 4.30. The van der Waals surface area contributed by atoms with Gasteiger partial charge in [0.05, 0.1) is 15.8 Å². The zero-order valence-electron chi connectivity index (χ0n) is 14.3. The molecular weight excluding hydrogens is 394 g/mol. The Balaban J connectivity index is 1.86. The fourth-order valence-electron chi connectivity index (χ4n) is 2.56. The Morgan fingerprint density at radius 1 is 1.11 bits per heavy atom. The number of benzene rings is 2. The quantitative estimate of drug-likeness (QED) is 0.458. The summed E-state index contributed by atoms with van der Waals surface area (Å²) in [5, 5.41) is 1.09. The number of halogens is 2. The minimum Gasteiger partial charge on any atom is -0.287 e. The van der Waals surface area contributed by atoms with Gasteiger partial charge in [0, 0.05) is 12.3 Å². The number of aromatic nitrogens is 2. The van der Waals surface area contributed by atoms with E-state index in [0.717, 1.165) is 17.7 Å². The van der Waals surface area contributed by atoms with Crippen LogP contribution in [0, 0.1) is 0 Å². The smallest absolute Gasteiger partial charge is 0.287 e. The van der Waals surface area contributed by atoms with Crippen LogP contribution in [-0.4, -0.2) is 23.7 Å². The first-order valence-corrected chi connectivity index (χ1v) is 10.6. The van der Waals surface area contributed by atoms with E-state index in [-0.39, 0.29) is 5.56 Å². The van der Waals surface area contributed by atoms with Crippen LogP contribution in [0.3, 0.4) is 0 Å². The number of thioether (sulfide) groups is 1. The Kier molecular flexibility index (Phi) is 5.61. The number of fused-ring (bicyclic) bond motifs is 1. The first-order valence-electron chi connectivity index (χ1n) is 8.08. The molecule has 5 nitrogen and oxygen atoms in total. The first kappa shape index (κ1) is 19.5. The number of rotatable bonds is 6. The molecule has 2 aromatic carbocycles.